The summed E-state index contributed by atoms with van der Waals surface area (Å²) in [6.45, 7) is 12.4. The van der Waals surface area contributed by atoms with Gasteiger partial charge in [0.25, 0.3) is 0 Å². The molecule has 8 nitrogen and oxygen atoms in total. The van der Waals surface area contributed by atoms with Gasteiger partial charge in [-0.15, -0.1) is 0 Å². The molecule has 0 saturated heterocycles. The smallest absolute Gasteiger partial charge is 0.257 e. The first-order chi connectivity index (χ1) is 23.3. The summed E-state index contributed by atoms with van der Waals surface area (Å²) in [6, 6.07) is 18.0. The molecule has 6 rings (SSSR count). The van der Waals surface area contributed by atoms with Gasteiger partial charge in [-0.1, -0.05) is 77.9 Å². The Morgan fingerprint density at radius 3 is 1.20 bits per heavy atom. The third kappa shape index (κ3) is 8.24. The highest BCUT2D eigenvalue weighted by molar-refractivity contribution is 5.65. The first-order valence-electron chi connectivity index (χ1n) is 15.4. The molecule has 2 N–H and O–H groups in total. The Bertz CT molecular complexity index is 1930. The normalized spacial score (nSPS) is 12.4. The molecular formula is C36H34F6N8. The van der Waals surface area contributed by atoms with E-state index in [0.717, 1.165) is 23.3 Å². The second kappa shape index (κ2) is 13.5. The minimum Gasteiger partial charge on any atom is -0.257 e. The van der Waals surface area contributed by atoms with Crippen molar-refractivity contribution in [1.82, 2.24) is 40.3 Å². The van der Waals surface area contributed by atoms with Gasteiger partial charge < -0.3 is 0 Å². The molecule has 4 aromatic heterocycles. The van der Waals surface area contributed by atoms with Crippen molar-refractivity contribution < 1.29 is 26.3 Å². The van der Waals surface area contributed by atoms with E-state index in [4.69, 9.17) is 0 Å². The second-order valence-electron chi connectivity index (χ2n) is 13.5. The number of halogens is 6. The summed E-state index contributed by atoms with van der Waals surface area (Å²) in [5, 5.41) is 13.3. The largest absolute Gasteiger partial charge is 0.417 e. The number of aromatic amines is 2. The van der Waals surface area contributed by atoms with Crippen molar-refractivity contribution in [2.45, 2.75) is 64.7 Å². The van der Waals surface area contributed by atoms with Gasteiger partial charge in [0, 0.05) is 23.5 Å². The van der Waals surface area contributed by atoms with Crippen molar-refractivity contribution in [3.05, 3.63) is 107 Å². The highest BCUT2D eigenvalue weighted by Gasteiger charge is 2.35. The van der Waals surface area contributed by atoms with E-state index in [0.29, 0.717) is 23.0 Å². The summed E-state index contributed by atoms with van der Waals surface area (Å²) in [7, 11) is 0. The number of pyridine rings is 2. The van der Waals surface area contributed by atoms with Crippen LogP contribution in [0.5, 0.6) is 0 Å². The van der Waals surface area contributed by atoms with Gasteiger partial charge in [-0.05, 0) is 58.4 Å². The minimum absolute atomic E-state index is 0.00844. The number of hydrogen-bond acceptors (Lipinski definition) is 6. The van der Waals surface area contributed by atoms with Gasteiger partial charge >= 0.3 is 12.4 Å². The van der Waals surface area contributed by atoms with Crippen LogP contribution in [0.3, 0.4) is 0 Å². The Morgan fingerprint density at radius 1 is 0.500 bits per heavy atom. The van der Waals surface area contributed by atoms with Crippen LogP contribution in [0.25, 0.3) is 45.8 Å². The van der Waals surface area contributed by atoms with Crippen LogP contribution in [0, 0.1) is 0 Å². The lowest BCUT2D eigenvalue weighted by molar-refractivity contribution is -0.137. The number of alkyl halides is 6. The number of nitrogens with zero attached hydrogens (tertiary/aromatic N) is 6. The lowest BCUT2D eigenvalue weighted by Gasteiger charge is -2.18. The van der Waals surface area contributed by atoms with Gasteiger partial charge in [0.2, 0.25) is 0 Å². The maximum atomic E-state index is 13.2. The Labute approximate surface area is 284 Å². The predicted octanol–water partition coefficient (Wildman–Crippen LogP) is 9.70. The summed E-state index contributed by atoms with van der Waals surface area (Å²) in [5.41, 5.74) is 1.35. The van der Waals surface area contributed by atoms with Crippen molar-refractivity contribution in [3.63, 3.8) is 0 Å². The molecule has 0 radical (unpaired) electrons. The number of nitrogens with one attached hydrogen (secondary N) is 2. The molecule has 0 spiro atoms. The van der Waals surface area contributed by atoms with Crippen LogP contribution in [0.1, 0.15) is 63.8 Å². The lowest BCUT2D eigenvalue weighted by atomic mass is 9.87. The molecule has 0 amide bonds. The van der Waals surface area contributed by atoms with E-state index < -0.39 is 23.5 Å². The third-order valence-corrected chi connectivity index (χ3v) is 7.65. The zero-order valence-electron chi connectivity index (χ0n) is 28.0. The monoisotopic (exact) mass is 692 g/mol. The zero-order chi connectivity index (χ0) is 36.5. The number of aromatic nitrogens is 8. The molecule has 0 aliphatic rings. The lowest BCUT2D eigenvalue weighted by Crippen LogP contribution is -2.11. The number of benzene rings is 2. The van der Waals surface area contributed by atoms with E-state index in [1.54, 1.807) is 12.4 Å². The van der Waals surface area contributed by atoms with Crippen molar-refractivity contribution in [2.75, 3.05) is 0 Å². The van der Waals surface area contributed by atoms with Crippen LogP contribution in [-0.4, -0.2) is 40.3 Å². The fraction of sp³-hybridized carbons (Fsp3) is 0.278. The Hall–Kier alpha value is -5.40. The fourth-order valence-corrected chi connectivity index (χ4v) is 4.90. The van der Waals surface area contributed by atoms with Gasteiger partial charge in [0.1, 0.15) is 11.4 Å². The molecule has 6 aromatic rings. The van der Waals surface area contributed by atoms with Crippen molar-refractivity contribution in [3.8, 4) is 45.8 Å². The molecule has 0 unspecified atom stereocenters. The maximum Gasteiger partial charge on any atom is 0.417 e. The van der Waals surface area contributed by atoms with Crippen molar-refractivity contribution in [1.29, 1.82) is 0 Å². The number of hydrogen-bond donors (Lipinski definition) is 2. The van der Waals surface area contributed by atoms with Crippen LogP contribution in [0.15, 0.2) is 85.2 Å². The Balaban J connectivity index is 0.000000194. The van der Waals surface area contributed by atoms with Gasteiger partial charge in [-0.25, -0.2) is 9.97 Å². The molecular weight excluding hydrogens is 658 g/mol. The minimum atomic E-state index is -4.47. The molecule has 260 valence electrons. The Kier molecular flexibility index (Phi) is 9.68. The van der Waals surface area contributed by atoms with Crippen LogP contribution in [0.2, 0.25) is 0 Å². The van der Waals surface area contributed by atoms with Crippen molar-refractivity contribution in [2.24, 2.45) is 0 Å². The van der Waals surface area contributed by atoms with Crippen molar-refractivity contribution >= 4 is 0 Å². The molecule has 2 aromatic carbocycles. The Morgan fingerprint density at radius 2 is 0.860 bits per heavy atom. The first-order valence-corrected chi connectivity index (χ1v) is 15.4. The average molecular weight is 693 g/mol. The SMILES string of the molecule is CC(C)(C)c1ccnc(-c2nc(-c3ccccc3C(F)(F)F)n[nH]2)c1.CC(C)(C)c1ccnc(-c2nc(-c3ccccc3C(F)(F)F)n[nH]2)c1. The van der Waals surface area contributed by atoms with Crippen LogP contribution in [0.4, 0.5) is 26.3 Å². The molecule has 0 fully saturated rings. The summed E-state index contributed by atoms with van der Waals surface area (Å²) >= 11 is 0. The first kappa shape index (κ1) is 35.9. The summed E-state index contributed by atoms with van der Waals surface area (Å²) in [4.78, 5) is 16.9. The molecule has 14 heteroatoms. The molecule has 0 saturated carbocycles. The predicted molar refractivity (Wildman–Crippen MR) is 178 cm³/mol. The topological polar surface area (TPSA) is 109 Å². The number of H-pyrrole nitrogens is 2. The van der Waals surface area contributed by atoms with E-state index in [2.05, 4.69) is 81.9 Å². The van der Waals surface area contributed by atoms with E-state index in [-0.39, 0.29) is 33.6 Å². The molecule has 4 heterocycles. The van der Waals surface area contributed by atoms with Gasteiger partial charge in [0.15, 0.2) is 23.3 Å². The third-order valence-electron chi connectivity index (χ3n) is 7.65. The molecule has 0 bridgehead atoms. The maximum absolute atomic E-state index is 13.2. The van der Waals surface area contributed by atoms with Gasteiger partial charge in [0.05, 0.1) is 11.1 Å². The van der Waals surface area contributed by atoms with Crippen LogP contribution >= 0.6 is 0 Å². The highest BCUT2D eigenvalue weighted by Crippen LogP contribution is 2.37. The van der Waals surface area contributed by atoms with Gasteiger partial charge in [-0.2, -0.15) is 36.5 Å². The van der Waals surface area contributed by atoms with E-state index in [1.165, 1.54) is 36.4 Å². The molecule has 0 aliphatic carbocycles. The summed E-state index contributed by atoms with van der Waals surface area (Å²) in [5.74, 6) is 0.646. The van der Waals surface area contributed by atoms with E-state index in [1.807, 2.05) is 24.3 Å². The van der Waals surface area contributed by atoms with Gasteiger partial charge in [-0.3, -0.25) is 20.2 Å². The average Bonchev–Trinajstić information content (AvgIpc) is 3.75. The van der Waals surface area contributed by atoms with Crippen LogP contribution in [-0.2, 0) is 23.2 Å². The second-order valence-corrected chi connectivity index (χ2v) is 13.5. The highest BCUT2D eigenvalue weighted by atomic mass is 19.4. The molecule has 0 aliphatic heterocycles. The number of rotatable bonds is 4. The molecule has 50 heavy (non-hydrogen) atoms. The summed E-state index contributed by atoms with van der Waals surface area (Å²) < 4.78 is 79.0. The fourth-order valence-electron chi connectivity index (χ4n) is 4.90. The van der Waals surface area contributed by atoms with Crippen LogP contribution < -0.4 is 0 Å². The molecule has 0 atom stereocenters. The standard InChI is InChI=1S/2C18H17F3N4/c2*1-17(2,3)11-8-9-22-14(10-11)16-23-15(24-25-16)12-6-4-5-7-13(12)18(19,20)21/h2*4-10H,1-3H3,(H,23,24,25). The van der Waals surface area contributed by atoms with E-state index in [9.17, 15) is 26.3 Å². The zero-order valence-corrected chi connectivity index (χ0v) is 28.0. The quantitative estimate of drug-likeness (QED) is 0.178. The van der Waals surface area contributed by atoms with E-state index >= 15 is 0 Å². The summed E-state index contributed by atoms with van der Waals surface area (Å²) in [6.07, 6.45) is -5.63.